The van der Waals surface area contributed by atoms with Crippen LogP contribution in [0.5, 0.6) is 0 Å². The van der Waals surface area contributed by atoms with Gasteiger partial charge in [0.15, 0.2) is 5.76 Å². The molecule has 2 amide bonds. The number of nitrogens with zero attached hydrogens (tertiary/aromatic N) is 1. The molecule has 0 aliphatic heterocycles. The number of nitrogens with one attached hydrogen (secondary N) is 2. The van der Waals surface area contributed by atoms with E-state index in [4.69, 9.17) is 4.42 Å². The van der Waals surface area contributed by atoms with Crippen LogP contribution in [-0.2, 0) is 12.8 Å². The predicted octanol–water partition coefficient (Wildman–Crippen LogP) is 4.66. The van der Waals surface area contributed by atoms with Gasteiger partial charge in [0.1, 0.15) is 11.1 Å². The summed E-state index contributed by atoms with van der Waals surface area (Å²) in [5.41, 5.74) is 1.67. The van der Waals surface area contributed by atoms with Crippen LogP contribution >= 0.6 is 22.7 Å². The number of aryl methyl sites for hydroxylation is 1. The fourth-order valence-corrected chi connectivity index (χ4v) is 5.08. The van der Waals surface area contributed by atoms with E-state index in [0.29, 0.717) is 20.4 Å². The summed E-state index contributed by atoms with van der Waals surface area (Å²) < 4.78 is 5.05. The van der Waals surface area contributed by atoms with Crippen molar-refractivity contribution in [3.63, 3.8) is 0 Å². The van der Waals surface area contributed by atoms with Crippen molar-refractivity contribution in [3.8, 4) is 6.07 Å². The molecule has 3 aromatic rings. The summed E-state index contributed by atoms with van der Waals surface area (Å²) in [7, 11) is 0. The molecule has 0 saturated carbocycles. The molecule has 0 atom stereocenters. The Kier molecular flexibility index (Phi) is 4.79. The number of fused-ring (bicyclic) bond motifs is 1. The number of hydrogen-bond acceptors (Lipinski definition) is 6. The number of hydrogen-bond donors (Lipinski definition) is 2. The zero-order valence-electron chi connectivity index (χ0n) is 14.2. The lowest BCUT2D eigenvalue weighted by molar-refractivity contribution is 0.0995. The topological polar surface area (TPSA) is 95.1 Å². The Morgan fingerprint density at radius 3 is 2.70 bits per heavy atom. The molecule has 3 aromatic heterocycles. The van der Waals surface area contributed by atoms with Gasteiger partial charge in [-0.05, 0) is 55.5 Å². The van der Waals surface area contributed by atoms with Gasteiger partial charge < -0.3 is 15.1 Å². The van der Waals surface area contributed by atoms with Gasteiger partial charge in [0, 0.05) is 4.88 Å². The largest absolute Gasteiger partial charge is 0.459 e. The molecule has 0 fully saturated rings. The van der Waals surface area contributed by atoms with Crippen LogP contribution in [0.2, 0.25) is 0 Å². The van der Waals surface area contributed by atoms with E-state index < -0.39 is 0 Å². The molecule has 0 unspecified atom stereocenters. The monoisotopic (exact) mass is 397 g/mol. The van der Waals surface area contributed by atoms with Crippen molar-refractivity contribution in [3.05, 3.63) is 57.2 Å². The number of furan rings is 1. The van der Waals surface area contributed by atoms with Gasteiger partial charge in [0.25, 0.3) is 11.8 Å². The van der Waals surface area contributed by atoms with Crippen molar-refractivity contribution in [1.82, 2.24) is 0 Å². The van der Waals surface area contributed by atoms with E-state index in [-0.39, 0.29) is 17.6 Å². The lowest BCUT2D eigenvalue weighted by Gasteiger charge is -2.09. The average Bonchev–Trinajstić information content (AvgIpc) is 3.41. The fourth-order valence-electron chi connectivity index (χ4n) is 3.05. The Labute approximate surface area is 163 Å². The van der Waals surface area contributed by atoms with Gasteiger partial charge >= 0.3 is 0 Å². The molecule has 3 heterocycles. The molecule has 0 bridgehead atoms. The Bertz CT molecular complexity index is 1040. The van der Waals surface area contributed by atoms with E-state index in [0.717, 1.165) is 31.2 Å². The highest BCUT2D eigenvalue weighted by Crippen LogP contribution is 2.38. The first-order valence-corrected chi connectivity index (χ1v) is 10.1. The molecule has 0 radical (unpaired) electrons. The number of thiophene rings is 2. The summed E-state index contributed by atoms with van der Waals surface area (Å²) in [4.78, 5) is 26.3. The molecule has 1 aliphatic carbocycles. The van der Waals surface area contributed by atoms with Gasteiger partial charge in [-0.2, -0.15) is 5.26 Å². The van der Waals surface area contributed by atoms with Crippen LogP contribution in [-0.4, -0.2) is 11.8 Å². The maximum atomic E-state index is 12.6. The SMILES string of the molecule is N#Cc1c(NC(=O)c2ccc(NC(=O)c3ccco3)s2)sc2c1CCCC2. The van der Waals surface area contributed by atoms with E-state index in [1.54, 1.807) is 24.3 Å². The molecule has 2 N–H and O–H groups in total. The van der Waals surface area contributed by atoms with E-state index in [1.165, 1.54) is 33.8 Å². The summed E-state index contributed by atoms with van der Waals surface area (Å²) in [6, 6.07) is 8.76. The normalized spacial score (nSPS) is 12.9. The lowest BCUT2D eigenvalue weighted by atomic mass is 9.96. The maximum absolute atomic E-state index is 12.6. The first kappa shape index (κ1) is 17.5. The van der Waals surface area contributed by atoms with E-state index in [9.17, 15) is 14.9 Å². The van der Waals surface area contributed by atoms with Gasteiger partial charge in [-0.1, -0.05) is 0 Å². The summed E-state index contributed by atoms with van der Waals surface area (Å²) in [5, 5.41) is 16.2. The number of anilines is 2. The summed E-state index contributed by atoms with van der Waals surface area (Å²) in [5.74, 6) is -0.447. The second-order valence-corrected chi connectivity index (χ2v) is 8.27. The van der Waals surface area contributed by atoms with Crippen LogP contribution in [0.1, 0.15) is 49.1 Å². The van der Waals surface area contributed by atoms with Crippen molar-refractivity contribution in [1.29, 1.82) is 5.26 Å². The smallest absolute Gasteiger partial charge is 0.291 e. The summed E-state index contributed by atoms with van der Waals surface area (Å²) in [6.07, 6.45) is 5.49. The first-order chi connectivity index (χ1) is 13.2. The lowest BCUT2D eigenvalue weighted by Crippen LogP contribution is -2.10. The van der Waals surface area contributed by atoms with Gasteiger partial charge in [0.05, 0.1) is 21.7 Å². The van der Waals surface area contributed by atoms with E-state index in [2.05, 4.69) is 16.7 Å². The highest BCUT2D eigenvalue weighted by atomic mass is 32.1. The number of carbonyl (C=O) groups is 2. The maximum Gasteiger partial charge on any atom is 0.291 e. The highest BCUT2D eigenvalue weighted by Gasteiger charge is 2.22. The third-order valence-corrected chi connectivity index (χ3v) is 6.53. The van der Waals surface area contributed by atoms with Gasteiger partial charge in [0.2, 0.25) is 0 Å². The Morgan fingerprint density at radius 2 is 1.93 bits per heavy atom. The minimum Gasteiger partial charge on any atom is -0.459 e. The van der Waals surface area contributed by atoms with Crippen molar-refractivity contribution in [2.45, 2.75) is 25.7 Å². The zero-order chi connectivity index (χ0) is 18.8. The van der Waals surface area contributed by atoms with Gasteiger partial charge in [-0.25, -0.2) is 0 Å². The van der Waals surface area contributed by atoms with Crippen LogP contribution in [0, 0.1) is 11.3 Å². The molecule has 0 saturated heterocycles. The first-order valence-electron chi connectivity index (χ1n) is 8.46. The second-order valence-electron chi connectivity index (χ2n) is 6.08. The number of rotatable bonds is 4. The Balaban J connectivity index is 1.48. The summed E-state index contributed by atoms with van der Waals surface area (Å²) >= 11 is 2.66. The Hall–Kier alpha value is -2.89. The standard InChI is InChI=1S/C19H15N3O3S2/c20-10-12-11-4-1-2-6-14(11)27-19(12)22-18(24)15-7-8-16(26-15)21-17(23)13-5-3-9-25-13/h3,5,7-9H,1-2,4,6H2,(H,21,23)(H,22,24). The Morgan fingerprint density at radius 1 is 1.07 bits per heavy atom. The highest BCUT2D eigenvalue weighted by molar-refractivity contribution is 7.19. The van der Waals surface area contributed by atoms with Crippen molar-refractivity contribution in [2.24, 2.45) is 0 Å². The number of amides is 2. The van der Waals surface area contributed by atoms with Crippen LogP contribution < -0.4 is 10.6 Å². The van der Waals surface area contributed by atoms with Crippen LogP contribution in [0.3, 0.4) is 0 Å². The van der Waals surface area contributed by atoms with Crippen molar-refractivity contribution < 1.29 is 14.0 Å². The number of nitriles is 1. The predicted molar refractivity (Wildman–Crippen MR) is 105 cm³/mol. The van der Waals surface area contributed by atoms with Crippen molar-refractivity contribution >= 4 is 44.5 Å². The molecule has 0 aromatic carbocycles. The van der Waals surface area contributed by atoms with E-state index >= 15 is 0 Å². The van der Waals surface area contributed by atoms with E-state index in [1.807, 2.05) is 0 Å². The van der Waals surface area contributed by atoms with Gasteiger partial charge in [-0.3, -0.25) is 9.59 Å². The molecule has 0 spiro atoms. The molecule has 136 valence electrons. The van der Waals surface area contributed by atoms with Crippen LogP contribution in [0.15, 0.2) is 34.9 Å². The molecule has 27 heavy (non-hydrogen) atoms. The third kappa shape index (κ3) is 3.52. The molecular formula is C19H15N3O3S2. The minimum absolute atomic E-state index is 0.206. The molecule has 4 rings (SSSR count). The second kappa shape index (κ2) is 7.39. The van der Waals surface area contributed by atoms with Crippen LogP contribution in [0.25, 0.3) is 0 Å². The molecule has 6 nitrogen and oxygen atoms in total. The average molecular weight is 397 g/mol. The molecule has 8 heteroatoms. The van der Waals surface area contributed by atoms with Gasteiger partial charge in [-0.15, -0.1) is 22.7 Å². The minimum atomic E-state index is -0.369. The van der Waals surface area contributed by atoms with Crippen molar-refractivity contribution in [2.75, 3.05) is 10.6 Å². The van der Waals surface area contributed by atoms with Crippen LogP contribution in [0.4, 0.5) is 10.0 Å². The third-order valence-electron chi connectivity index (χ3n) is 4.32. The zero-order valence-corrected chi connectivity index (χ0v) is 15.8. The summed E-state index contributed by atoms with van der Waals surface area (Å²) in [6.45, 7) is 0. The molecule has 1 aliphatic rings. The molecular weight excluding hydrogens is 382 g/mol. The fraction of sp³-hybridized carbons (Fsp3) is 0.211. The number of carbonyl (C=O) groups excluding carboxylic acids is 2. The quantitative estimate of drug-likeness (QED) is 0.669.